The van der Waals surface area contributed by atoms with Crippen LogP contribution in [0.15, 0.2) is 30.7 Å². The molecule has 4 nitrogen and oxygen atoms in total. The number of benzene rings is 1. The summed E-state index contributed by atoms with van der Waals surface area (Å²) in [6.07, 6.45) is 5.28. The van der Waals surface area contributed by atoms with Crippen LogP contribution < -0.4 is 0 Å². The number of amides is 1. The lowest BCUT2D eigenvalue weighted by atomic mass is 9.93. The highest BCUT2D eigenvalue weighted by atomic mass is 35.5. The van der Waals surface area contributed by atoms with Crippen molar-refractivity contribution in [2.75, 3.05) is 6.54 Å². The predicted molar refractivity (Wildman–Crippen MR) is 84.0 cm³/mol. The molecule has 1 amide bonds. The first-order valence-electron chi connectivity index (χ1n) is 7.26. The van der Waals surface area contributed by atoms with E-state index in [1.807, 2.05) is 27.8 Å². The van der Waals surface area contributed by atoms with Crippen molar-refractivity contribution < 1.29 is 4.79 Å². The molecule has 0 unspecified atom stereocenters. The number of hydrogen-bond donors (Lipinski definition) is 0. The van der Waals surface area contributed by atoms with Gasteiger partial charge in [-0.25, -0.2) is 4.98 Å². The highest BCUT2D eigenvalue weighted by Gasteiger charge is 2.49. The summed E-state index contributed by atoms with van der Waals surface area (Å²) in [5.41, 5.74) is 1.64. The summed E-state index contributed by atoms with van der Waals surface area (Å²) in [5.74, 6) is 6.23. The number of imidazole rings is 1. The molecule has 3 heterocycles. The first kappa shape index (κ1) is 13.4. The van der Waals surface area contributed by atoms with E-state index < -0.39 is 5.54 Å². The maximum absolute atomic E-state index is 13.1. The van der Waals surface area contributed by atoms with Crippen LogP contribution in [-0.4, -0.2) is 26.9 Å². The SMILES string of the molecule is CC#C[C@]12CCCN1C(=O)c1c(Cl)cccc1-n1cncc12. The third-order valence-electron chi connectivity index (χ3n) is 4.49. The number of carbonyl (C=O) groups excluding carboxylic acids is 1. The predicted octanol–water partition coefficient (Wildman–Crippen LogP) is 2.99. The van der Waals surface area contributed by atoms with Crippen LogP contribution in [0.2, 0.25) is 5.02 Å². The molecule has 0 N–H and O–H groups in total. The van der Waals surface area contributed by atoms with Gasteiger partial charge < -0.3 is 4.90 Å². The van der Waals surface area contributed by atoms with Crippen LogP contribution in [0.4, 0.5) is 0 Å². The molecular formula is C17H14ClN3O. The fourth-order valence-electron chi connectivity index (χ4n) is 3.61. The van der Waals surface area contributed by atoms with Crippen LogP contribution in [0.5, 0.6) is 0 Å². The monoisotopic (exact) mass is 311 g/mol. The van der Waals surface area contributed by atoms with E-state index in [0.29, 0.717) is 17.1 Å². The van der Waals surface area contributed by atoms with Crippen LogP contribution in [0.3, 0.4) is 0 Å². The van der Waals surface area contributed by atoms with Crippen LogP contribution in [-0.2, 0) is 5.54 Å². The quantitative estimate of drug-likeness (QED) is 0.702. The van der Waals surface area contributed by atoms with Crippen molar-refractivity contribution in [2.45, 2.75) is 25.3 Å². The molecule has 1 saturated heterocycles. The minimum Gasteiger partial charge on any atom is -0.316 e. The van der Waals surface area contributed by atoms with Gasteiger partial charge in [0.2, 0.25) is 0 Å². The summed E-state index contributed by atoms with van der Waals surface area (Å²) in [6.45, 7) is 2.49. The van der Waals surface area contributed by atoms with Gasteiger partial charge in [0.25, 0.3) is 5.91 Å². The largest absolute Gasteiger partial charge is 0.316 e. The van der Waals surface area contributed by atoms with Gasteiger partial charge in [0.15, 0.2) is 0 Å². The van der Waals surface area contributed by atoms with E-state index in [1.165, 1.54) is 0 Å². The first-order chi connectivity index (χ1) is 10.7. The van der Waals surface area contributed by atoms with E-state index in [9.17, 15) is 4.79 Å². The van der Waals surface area contributed by atoms with E-state index in [0.717, 1.165) is 24.2 Å². The molecule has 1 aromatic heterocycles. The van der Waals surface area contributed by atoms with Gasteiger partial charge >= 0.3 is 0 Å². The van der Waals surface area contributed by atoms with Gasteiger partial charge in [-0.15, -0.1) is 5.92 Å². The molecule has 1 fully saturated rings. The first-order valence-corrected chi connectivity index (χ1v) is 7.64. The maximum atomic E-state index is 13.1. The molecule has 4 rings (SSSR count). The van der Waals surface area contributed by atoms with E-state index in [2.05, 4.69) is 16.8 Å². The second-order valence-electron chi connectivity index (χ2n) is 5.58. The topological polar surface area (TPSA) is 38.1 Å². The number of nitrogens with zero attached hydrogens (tertiary/aromatic N) is 3. The standard InChI is InChI=1S/C17H14ClN3O/c1-2-7-17-8-4-9-21(17)16(22)15-12(18)5-3-6-13(15)20-11-19-10-14(17)20/h3,5-6,10-11H,4,8-9H2,1H3/t17-/m1/s1. The average molecular weight is 312 g/mol. The summed E-state index contributed by atoms with van der Waals surface area (Å²) in [6, 6.07) is 5.51. The van der Waals surface area contributed by atoms with Crippen molar-refractivity contribution >= 4 is 17.5 Å². The van der Waals surface area contributed by atoms with Gasteiger partial charge in [0, 0.05) is 6.54 Å². The Kier molecular flexibility index (Phi) is 2.82. The molecule has 110 valence electrons. The lowest BCUT2D eigenvalue weighted by Gasteiger charge is -2.32. The smallest absolute Gasteiger partial charge is 0.259 e. The molecule has 0 saturated carbocycles. The number of halogens is 1. The zero-order valence-corrected chi connectivity index (χ0v) is 12.9. The summed E-state index contributed by atoms with van der Waals surface area (Å²) in [7, 11) is 0. The Labute approximate surface area is 133 Å². The zero-order chi connectivity index (χ0) is 15.3. The minimum absolute atomic E-state index is 0.0513. The van der Waals surface area contributed by atoms with Crippen molar-refractivity contribution in [3.63, 3.8) is 0 Å². The molecular weight excluding hydrogens is 298 g/mol. The Morgan fingerprint density at radius 3 is 3.09 bits per heavy atom. The number of hydrogen-bond acceptors (Lipinski definition) is 2. The molecule has 2 aliphatic rings. The molecule has 5 heteroatoms. The summed E-state index contributed by atoms with van der Waals surface area (Å²) >= 11 is 6.34. The van der Waals surface area contributed by atoms with Gasteiger partial charge in [-0.3, -0.25) is 9.36 Å². The van der Waals surface area contributed by atoms with Crippen molar-refractivity contribution in [3.05, 3.63) is 47.0 Å². The van der Waals surface area contributed by atoms with Crippen molar-refractivity contribution in [1.29, 1.82) is 0 Å². The molecule has 0 bridgehead atoms. The Bertz CT molecular complexity index is 845. The third kappa shape index (κ3) is 1.55. The van der Waals surface area contributed by atoms with Gasteiger partial charge in [0.1, 0.15) is 5.54 Å². The molecule has 2 aromatic rings. The summed E-state index contributed by atoms with van der Waals surface area (Å²) in [4.78, 5) is 19.3. The normalized spacial score (nSPS) is 22.3. The molecule has 1 atom stereocenters. The number of aromatic nitrogens is 2. The minimum atomic E-state index is -0.606. The average Bonchev–Trinajstić information content (AvgIpc) is 3.12. The Morgan fingerprint density at radius 1 is 1.41 bits per heavy atom. The van der Waals surface area contributed by atoms with Gasteiger partial charge in [-0.2, -0.15) is 0 Å². The van der Waals surface area contributed by atoms with E-state index in [4.69, 9.17) is 11.6 Å². The van der Waals surface area contributed by atoms with Crippen molar-refractivity contribution in [2.24, 2.45) is 0 Å². The second kappa shape index (κ2) is 4.62. The fraction of sp³-hybridized carbons (Fsp3) is 0.294. The number of rotatable bonds is 0. The van der Waals surface area contributed by atoms with E-state index >= 15 is 0 Å². The second-order valence-corrected chi connectivity index (χ2v) is 5.99. The Balaban J connectivity index is 2.11. The maximum Gasteiger partial charge on any atom is 0.259 e. The van der Waals surface area contributed by atoms with Crippen molar-refractivity contribution in [3.8, 4) is 17.5 Å². The lowest BCUT2D eigenvalue weighted by molar-refractivity contribution is 0.0675. The van der Waals surface area contributed by atoms with E-state index in [1.54, 1.807) is 19.3 Å². The van der Waals surface area contributed by atoms with Gasteiger partial charge in [-0.1, -0.05) is 23.6 Å². The molecule has 1 aromatic carbocycles. The van der Waals surface area contributed by atoms with Crippen LogP contribution in [0.1, 0.15) is 35.8 Å². The molecule has 0 spiro atoms. The van der Waals surface area contributed by atoms with Crippen LogP contribution in [0.25, 0.3) is 5.69 Å². The highest BCUT2D eigenvalue weighted by molar-refractivity contribution is 6.34. The van der Waals surface area contributed by atoms with Crippen LogP contribution >= 0.6 is 11.6 Å². The molecule has 22 heavy (non-hydrogen) atoms. The fourth-order valence-corrected chi connectivity index (χ4v) is 3.86. The molecule has 2 aliphatic heterocycles. The highest BCUT2D eigenvalue weighted by Crippen LogP contribution is 2.44. The summed E-state index contributed by atoms with van der Waals surface area (Å²) < 4.78 is 1.95. The lowest BCUT2D eigenvalue weighted by Crippen LogP contribution is -2.43. The van der Waals surface area contributed by atoms with E-state index in [-0.39, 0.29) is 5.91 Å². The summed E-state index contributed by atoms with van der Waals surface area (Å²) in [5, 5.41) is 0.467. The van der Waals surface area contributed by atoms with Crippen molar-refractivity contribution in [1.82, 2.24) is 14.5 Å². The van der Waals surface area contributed by atoms with Gasteiger partial charge in [-0.05, 0) is 31.9 Å². The van der Waals surface area contributed by atoms with Gasteiger partial charge in [0.05, 0.1) is 34.5 Å². The van der Waals surface area contributed by atoms with Crippen LogP contribution in [0, 0.1) is 11.8 Å². The molecule has 0 aliphatic carbocycles. The Hall–Kier alpha value is -2.25. The third-order valence-corrected chi connectivity index (χ3v) is 4.80. The Morgan fingerprint density at radius 2 is 2.27 bits per heavy atom. The number of fused-ring (bicyclic) bond motifs is 5. The number of carbonyl (C=O) groups is 1. The zero-order valence-electron chi connectivity index (χ0n) is 12.1. The molecule has 0 radical (unpaired) electrons.